The first-order valence-corrected chi connectivity index (χ1v) is 8.53. The third-order valence-corrected chi connectivity index (χ3v) is 5.57. The quantitative estimate of drug-likeness (QED) is 0.846. The fourth-order valence-electron chi connectivity index (χ4n) is 3.27. The number of hydrogen-bond acceptors (Lipinski definition) is 3. The molecule has 2 rings (SSSR count). The van der Waals surface area contributed by atoms with Gasteiger partial charge in [0.2, 0.25) is 0 Å². The molecule has 1 aromatic rings. The van der Waals surface area contributed by atoms with Crippen LogP contribution in [-0.4, -0.2) is 43.7 Å². The Balaban J connectivity index is 2.18. The monoisotopic (exact) mass is 354 g/mol. The molecule has 1 atom stereocenters. The Morgan fingerprint density at radius 1 is 1.33 bits per heavy atom. The smallest absolute Gasteiger partial charge is 0.119 e. The molecule has 0 aromatic heterocycles. The van der Waals surface area contributed by atoms with Crippen LogP contribution in [0.2, 0.25) is 0 Å². The molecule has 0 bridgehead atoms. The average Bonchev–Trinajstić information content (AvgIpc) is 3.01. The van der Waals surface area contributed by atoms with Crippen molar-refractivity contribution in [2.45, 2.75) is 44.7 Å². The van der Waals surface area contributed by atoms with Crippen molar-refractivity contribution in [1.29, 1.82) is 0 Å². The zero-order valence-corrected chi connectivity index (χ0v) is 15.2. The molecule has 1 unspecified atom stereocenters. The Kier molecular flexibility index (Phi) is 5.69. The van der Waals surface area contributed by atoms with Gasteiger partial charge in [0.25, 0.3) is 0 Å². The van der Waals surface area contributed by atoms with Crippen LogP contribution in [0, 0.1) is 0 Å². The highest BCUT2D eigenvalue weighted by Gasteiger charge is 2.36. The van der Waals surface area contributed by atoms with E-state index in [9.17, 15) is 0 Å². The van der Waals surface area contributed by atoms with Crippen LogP contribution in [-0.2, 0) is 6.42 Å². The number of nitrogens with zero attached hydrogens (tertiary/aromatic N) is 1. The summed E-state index contributed by atoms with van der Waals surface area (Å²) >= 11 is 3.67. The molecule has 0 amide bonds. The van der Waals surface area contributed by atoms with Crippen molar-refractivity contribution < 1.29 is 4.74 Å². The van der Waals surface area contributed by atoms with Crippen LogP contribution < -0.4 is 10.1 Å². The molecule has 0 radical (unpaired) electrons. The van der Waals surface area contributed by atoms with E-state index in [1.165, 1.54) is 31.5 Å². The highest BCUT2D eigenvalue weighted by atomic mass is 79.9. The Morgan fingerprint density at radius 3 is 2.57 bits per heavy atom. The fourth-order valence-corrected chi connectivity index (χ4v) is 3.68. The largest absolute Gasteiger partial charge is 0.497 e. The van der Waals surface area contributed by atoms with Crippen LogP contribution in [0.25, 0.3) is 0 Å². The number of benzene rings is 1. The molecule has 1 saturated heterocycles. The first-order valence-electron chi connectivity index (χ1n) is 7.73. The Hall–Kier alpha value is -0.580. The van der Waals surface area contributed by atoms with Gasteiger partial charge < -0.3 is 10.1 Å². The van der Waals surface area contributed by atoms with E-state index < -0.39 is 0 Å². The van der Waals surface area contributed by atoms with Crippen molar-refractivity contribution in [2.75, 3.05) is 27.2 Å². The molecule has 118 valence electrons. The molecule has 1 fully saturated rings. The van der Waals surface area contributed by atoms with Gasteiger partial charge in [-0.05, 0) is 77.0 Å². The number of methoxy groups -OCH3 is 1. The molecular formula is C17H27BrN2O. The summed E-state index contributed by atoms with van der Waals surface area (Å²) in [7, 11) is 3.79. The summed E-state index contributed by atoms with van der Waals surface area (Å²) in [5, 5.41) is 3.53. The number of rotatable bonds is 6. The highest BCUT2D eigenvalue weighted by Crippen LogP contribution is 2.29. The molecule has 1 aliphatic heterocycles. The number of halogens is 1. The predicted molar refractivity (Wildman–Crippen MR) is 92.1 cm³/mol. The summed E-state index contributed by atoms with van der Waals surface area (Å²) in [4.78, 5) is 2.61. The molecule has 4 heteroatoms. The maximum absolute atomic E-state index is 5.36. The maximum atomic E-state index is 5.36. The van der Waals surface area contributed by atoms with Gasteiger partial charge >= 0.3 is 0 Å². The minimum absolute atomic E-state index is 0.147. The average molecular weight is 355 g/mol. The summed E-state index contributed by atoms with van der Waals surface area (Å²) in [6.07, 6.45) is 3.63. The number of likely N-dealkylation sites (tertiary alicyclic amines) is 1. The topological polar surface area (TPSA) is 24.5 Å². The van der Waals surface area contributed by atoms with Gasteiger partial charge in [-0.1, -0.05) is 15.9 Å². The van der Waals surface area contributed by atoms with Crippen molar-refractivity contribution in [3.8, 4) is 5.75 Å². The molecule has 0 saturated carbocycles. The number of likely N-dealkylation sites (N-methyl/N-ethyl adjacent to an activating group) is 1. The molecule has 3 nitrogen and oxygen atoms in total. The van der Waals surface area contributed by atoms with Crippen LogP contribution in [0.15, 0.2) is 22.7 Å². The Labute approximate surface area is 137 Å². The van der Waals surface area contributed by atoms with E-state index in [1.807, 2.05) is 6.07 Å². The van der Waals surface area contributed by atoms with Crippen molar-refractivity contribution in [3.63, 3.8) is 0 Å². The first-order chi connectivity index (χ1) is 9.98. The number of hydrogen-bond donors (Lipinski definition) is 1. The molecule has 0 aliphatic carbocycles. The van der Waals surface area contributed by atoms with E-state index in [0.29, 0.717) is 6.04 Å². The minimum atomic E-state index is 0.147. The van der Waals surface area contributed by atoms with E-state index >= 15 is 0 Å². The standard InChI is InChI=1S/C17H27BrN2O/c1-17(2,20-9-5-6-10-20)16(19-3)12-13-11-14(21-4)7-8-15(13)18/h7-8,11,16,19H,5-6,9-10,12H2,1-4H3. The van der Waals surface area contributed by atoms with Crippen molar-refractivity contribution in [2.24, 2.45) is 0 Å². The Bertz CT molecular complexity index is 470. The zero-order chi connectivity index (χ0) is 15.5. The van der Waals surface area contributed by atoms with E-state index in [4.69, 9.17) is 4.74 Å². The molecule has 1 aromatic carbocycles. The maximum Gasteiger partial charge on any atom is 0.119 e. The lowest BCUT2D eigenvalue weighted by atomic mass is 9.87. The van der Waals surface area contributed by atoms with Crippen LogP contribution in [0.1, 0.15) is 32.3 Å². The summed E-state index contributed by atoms with van der Waals surface area (Å²) in [5.74, 6) is 0.919. The molecule has 1 heterocycles. The van der Waals surface area contributed by atoms with Crippen LogP contribution in [0.5, 0.6) is 5.75 Å². The molecular weight excluding hydrogens is 328 g/mol. The summed E-state index contributed by atoms with van der Waals surface area (Å²) < 4.78 is 6.51. The minimum Gasteiger partial charge on any atom is -0.497 e. The zero-order valence-electron chi connectivity index (χ0n) is 13.6. The summed E-state index contributed by atoms with van der Waals surface area (Å²) in [6, 6.07) is 6.60. The summed E-state index contributed by atoms with van der Waals surface area (Å²) in [5.41, 5.74) is 1.44. The highest BCUT2D eigenvalue weighted by molar-refractivity contribution is 9.10. The molecule has 1 N–H and O–H groups in total. The normalized spacial score (nSPS) is 18.0. The van der Waals surface area contributed by atoms with Crippen molar-refractivity contribution in [1.82, 2.24) is 10.2 Å². The fraction of sp³-hybridized carbons (Fsp3) is 0.647. The van der Waals surface area contributed by atoms with Crippen LogP contribution in [0.4, 0.5) is 0 Å². The van der Waals surface area contributed by atoms with Crippen LogP contribution >= 0.6 is 15.9 Å². The molecule has 1 aliphatic rings. The van der Waals surface area contributed by atoms with E-state index in [0.717, 1.165) is 16.6 Å². The van der Waals surface area contributed by atoms with E-state index in [-0.39, 0.29) is 5.54 Å². The van der Waals surface area contributed by atoms with Gasteiger partial charge in [-0.25, -0.2) is 0 Å². The second-order valence-electron chi connectivity index (χ2n) is 6.35. The van der Waals surface area contributed by atoms with Crippen molar-refractivity contribution in [3.05, 3.63) is 28.2 Å². The molecule has 21 heavy (non-hydrogen) atoms. The Morgan fingerprint density at radius 2 is 2.00 bits per heavy atom. The lowest BCUT2D eigenvalue weighted by Crippen LogP contribution is -2.57. The van der Waals surface area contributed by atoms with Gasteiger partial charge in [0.05, 0.1) is 7.11 Å². The van der Waals surface area contributed by atoms with Gasteiger partial charge in [-0.15, -0.1) is 0 Å². The lowest BCUT2D eigenvalue weighted by molar-refractivity contribution is 0.110. The van der Waals surface area contributed by atoms with Gasteiger partial charge in [-0.3, -0.25) is 4.90 Å². The second-order valence-corrected chi connectivity index (χ2v) is 7.20. The second kappa shape index (κ2) is 7.12. The number of ether oxygens (including phenoxy) is 1. The summed E-state index contributed by atoms with van der Waals surface area (Å²) in [6.45, 7) is 7.13. The van der Waals surface area contributed by atoms with Gasteiger partial charge in [0.1, 0.15) is 5.75 Å². The predicted octanol–water partition coefficient (Wildman–Crippen LogP) is 3.46. The lowest BCUT2D eigenvalue weighted by Gasteiger charge is -2.42. The third-order valence-electron chi connectivity index (χ3n) is 4.80. The first kappa shape index (κ1) is 16.8. The molecule has 0 spiro atoms. The van der Waals surface area contributed by atoms with E-state index in [1.54, 1.807) is 7.11 Å². The van der Waals surface area contributed by atoms with Crippen LogP contribution in [0.3, 0.4) is 0 Å². The van der Waals surface area contributed by atoms with Gasteiger partial charge in [-0.2, -0.15) is 0 Å². The number of nitrogens with one attached hydrogen (secondary N) is 1. The van der Waals surface area contributed by atoms with Crippen molar-refractivity contribution >= 4 is 15.9 Å². The van der Waals surface area contributed by atoms with Gasteiger partial charge in [0, 0.05) is 16.1 Å². The third kappa shape index (κ3) is 3.79. The van der Waals surface area contributed by atoms with Gasteiger partial charge in [0.15, 0.2) is 0 Å². The van der Waals surface area contributed by atoms with E-state index in [2.05, 4.69) is 59.2 Å². The SMILES string of the molecule is CNC(Cc1cc(OC)ccc1Br)C(C)(C)N1CCCC1.